The van der Waals surface area contributed by atoms with Crippen LogP contribution in [0.25, 0.3) is 44.4 Å². The molecule has 4 heteroatoms. The van der Waals surface area contributed by atoms with Gasteiger partial charge in [0, 0.05) is 22.2 Å². The lowest BCUT2D eigenvalue weighted by Crippen LogP contribution is -2.12. The molecular weight excluding hydrogens is 406 g/mol. The van der Waals surface area contributed by atoms with Crippen LogP contribution in [0, 0.1) is 5.92 Å². The molecule has 4 nitrogen and oxygen atoms in total. The van der Waals surface area contributed by atoms with Crippen LogP contribution in [0.3, 0.4) is 0 Å². The van der Waals surface area contributed by atoms with Crippen LogP contribution in [0.1, 0.15) is 45.9 Å². The summed E-state index contributed by atoms with van der Waals surface area (Å²) >= 11 is 0. The molecule has 0 aliphatic carbocycles. The van der Waals surface area contributed by atoms with E-state index in [4.69, 9.17) is 9.40 Å². The van der Waals surface area contributed by atoms with Gasteiger partial charge < -0.3 is 4.42 Å². The molecule has 0 radical (unpaired) electrons. The minimum atomic E-state index is 0.0194. The molecule has 33 heavy (non-hydrogen) atoms. The van der Waals surface area contributed by atoms with Gasteiger partial charge >= 0.3 is 0 Å². The lowest BCUT2D eigenvalue weighted by Gasteiger charge is -2.22. The molecule has 0 saturated heterocycles. The molecule has 0 N–H and O–H groups in total. The van der Waals surface area contributed by atoms with Crippen LogP contribution in [-0.2, 0) is 11.8 Å². The molecule has 0 saturated carbocycles. The summed E-state index contributed by atoms with van der Waals surface area (Å²) in [6.45, 7) is 11.1. The van der Waals surface area contributed by atoms with E-state index in [1.807, 2.05) is 6.07 Å². The quantitative estimate of drug-likeness (QED) is 0.292. The molecule has 5 aromatic rings. The fraction of sp³-hybridized carbons (Fsp3) is 0.276. The fourth-order valence-corrected chi connectivity index (χ4v) is 4.42. The maximum absolute atomic E-state index is 5.82. The zero-order chi connectivity index (χ0) is 23.2. The molecule has 0 bridgehead atoms. The first kappa shape index (κ1) is 21.3. The lowest BCUT2D eigenvalue weighted by atomic mass is 9.82. The number of pyridine rings is 1. The maximum Gasteiger partial charge on any atom is 0.226 e. The predicted molar refractivity (Wildman–Crippen MR) is 135 cm³/mol. The summed E-state index contributed by atoms with van der Waals surface area (Å²) < 4.78 is 5.82. The fourth-order valence-electron chi connectivity index (χ4n) is 4.42. The normalized spacial score (nSPS) is 12.2. The first-order valence-corrected chi connectivity index (χ1v) is 11.5. The summed E-state index contributed by atoms with van der Waals surface area (Å²) in [6.07, 6.45) is 4.32. The van der Waals surface area contributed by atoms with E-state index in [1.165, 1.54) is 16.3 Å². The van der Waals surface area contributed by atoms with E-state index < -0.39 is 0 Å². The van der Waals surface area contributed by atoms with Gasteiger partial charge in [-0.2, -0.15) is 0 Å². The molecule has 0 unspecified atom stereocenters. The number of fused-ring (bicyclic) bond motifs is 2. The SMILES string of the molecule is CC(C)Cc1ccc2c(-c3cc(-c4cc(C(C)(C)C)c5ccccc5c4)ncn3)coc2n1. The first-order chi connectivity index (χ1) is 15.8. The summed E-state index contributed by atoms with van der Waals surface area (Å²) in [5.74, 6) is 0.550. The van der Waals surface area contributed by atoms with Crippen molar-refractivity contribution in [2.75, 3.05) is 0 Å². The van der Waals surface area contributed by atoms with Crippen molar-refractivity contribution >= 4 is 21.9 Å². The number of benzene rings is 2. The Balaban J connectivity index is 1.60. The van der Waals surface area contributed by atoms with Crippen molar-refractivity contribution in [1.82, 2.24) is 15.0 Å². The second-order valence-electron chi connectivity index (χ2n) is 10.2. The largest absolute Gasteiger partial charge is 0.445 e. The molecular formula is C29H29N3O. The van der Waals surface area contributed by atoms with E-state index >= 15 is 0 Å². The van der Waals surface area contributed by atoms with Crippen molar-refractivity contribution in [2.24, 2.45) is 5.92 Å². The second kappa shape index (κ2) is 8.11. The number of furan rings is 1. The third-order valence-electron chi connectivity index (χ3n) is 6.02. The highest BCUT2D eigenvalue weighted by molar-refractivity contribution is 5.93. The second-order valence-corrected chi connectivity index (χ2v) is 10.2. The van der Waals surface area contributed by atoms with Crippen LogP contribution in [0.15, 0.2) is 71.6 Å². The molecule has 0 amide bonds. The van der Waals surface area contributed by atoms with E-state index in [0.717, 1.165) is 40.0 Å². The average molecular weight is 436 g/mol. The minimum Gasteiger partial charge on any atom is -0.445 e. The van der Waals surface area contributed by atoms with Gasteiger partial charge in [-0.15, -0.1) is 0 Å². The number of hydrogen-bond donors (Lipinski definition) is 0. The van der Waals surface area contributed by atoms with Crippen molar-refractivity contribution in [2.45, 2.75) is 46.5 Å². The van der Waals surface area contributed by atoms with Crippen molar-refractivity contribution in [3.05, 3.63) is 78.4 Å². The Bertz CT molecular complexity index is 1460. The molecule has 3 heterocycles. The van der Waals surface area contributed by atoms with Gasteiger partial charge in [0.1, 0.15) is 12.6 Å². The summed E-state index contributed by atoms with van der Waals surface area (Å²) in [4.78, 5) is 13.9. The van der Waals surface area contributed by atoms with Gasteiger partial charge in [-0.3, -0.25) is 0 Å². The Morgan fingerprint density at radius 2 is 1.67 bits per heavy atom. The van der Waals surface area contributed by atoms with Gasteiger partial charge in [0.25, 0.3) is 0 Å². The van der Waals surface area contributed by atoms with Gasteiger partial charge in [-0.1, -0.05) is 58.9 Å². The molecule has 0 fully saturated rings. The molecule has 0 aliphatic heterocycles. The smallest absolute Gasteiger partial charge is 0.226 e. The number of hydrogen-bond acceptors (Lipinski definition) is 4. The van der Waals surface area contributed by atoms with Gasteiger partial charge in [0.15, 0.2) is 0 Å². The monoisotopic (exact) mass is 435 g/mol. The van der Waals surface area contributed by atoms with Gasteiger partial charge in [0.05, 0.1) is 11.4 Å². The average Bonchev–Trinajstić information content (AvgIpc) is 3.20. The van der Waals surface area contributed by atoms with Crippen LogP contribution >= 0.6 is 0 Å². The number of rotatable bonds is 4. The Morgan fingerprint density at radius 1 is 0.879 bits per heavy atom. The molecule has 5 rings (SSSR count). The van der Waals surface area contributed by atoms with Crippen molar-refractivity contribution < 1.29 is 4.42 Å². The third kappa shape index (κ3) is 4.13. The Kier molecular flexibility index (Phi) is 5.24. The van der Waals surface area contributed by atoms with Crippen molar-refractivity contribution in [3.63, 3.8) is 0 Å². The Morgan fingerprint density at radius 3 is 2.45 bits per heavy atom. The summed E-state index contributed by atoms with van der Waals surface area (Å²) in [5, 5.41) is 3.48. The molecule has 2 aromatic carbocycles. The maximum atomic E-state index is 5.82. The highest BCUT2D eigenvalue weighted by Crippen LogP contribution is 2.36. The van der Waals surface area contributed by atoms with Crippen LogP contribution in [0.5, 0.6) is 0 Å². The Labute approximate surface area is 194 Å². The zero-order valence-corrected chi connectivity index (χ0v) is 19.9. The lowest BCUT2D eigenvalue weighted by molar-refractivity contribution is 0.593. The third-order valence-corrected chi connectivity index (χ3v) is 6.02. The van der Waals surface area contributed by atoms with Crippen LogP contribution < -0.4 is 0 Å². The molecule has 3 aromatic heterocycles. The first-order valence-electron chi connectivity index (χ1n) is 11.5. The molecule has 0 spiro atoms. The highest BCUT2D eigenvalue weighted by atomic mass is 16.3. The van der Waals surface area contributed by atoms with E-state index in [0.29, 0.717) is 11.6 Å². The summed E-state index contributed by atoms with van der Waals surface area (Å²) in [5.41, 5.74) is 6.80. The van der Waals surface area contributed by atoms with Crippen LogP contribution in [0.2, 0.25) is 0 Å². The van der Waals surface area contributed by atoms with Crippen molar-refractivity contribution in [1.29, 1.82) is 0 Å². The molecule has 166 valence electrons. The summed E-state index contributed by atoms with van der Waals surface area (Å²) in [6, 6.07) is 19.3. The van der Waals surface area contributed by atoms with Crippen molar-refractivity contribution in [3.8, 4) is 22.5 Å². The number of aromatic nitrogens is 3. The van der Waals surface area contributed by atoms with E-state index in [-0.39, 0.29) is 5.41 Å². The minimum absolute atomic E-state index is 0.0194. The van der Waals surface area contributed by atoms with Crippen LogP contribution in [0.4, 0.5) is 0 Å². The summed E-state index contributed by atoms with van der Waals surface area (Å²) in [7, 11) is 0. The zero-order valence-electron chi connectivity index (χ0n) is 19.9. The topological polar surface area (TPSA) is 51.8 Å². The van der Waals surface area contributed by atoms with E-state index in [2.05, 4.69) is 93.1 Å². The standard InChI is InChI=1S/C29H29N3O/c1-18(2)12-21-10-11-23-24(16-33-28(23)32-21)27-15-26(30-17-31-27)20-13-19-8-6-7-9-22(19)25(14-20)29(3,4)5/h6-11,13-18H,12H2,1-5H3. The number of nitrogens with zero attached hydrogens (tertiary/aromatic N) is 3. The molecule has 0 aliphatic rings. The Hall–Kier alpha value is -3.53. The molecule has 0 atom stereocenters. The predicted octanol–water partition coefficient (Wildman–Crippen LogP) is 7.60. The van der Waals surface area contributed by atoms with E-state index in [1.54, 1.807) is 12.6 Å². The van der Waals surface area contributed by atoms with Crippen LogP contribution in [-0.4, -0.2) is 15.0 Å². The van der Waals surface area contributed by atoms with E-state index in [9.17, 15) is 0 Å². The van der Waals surface area contributed by atoms with Gasteiger partial charge in [-0.05, 0) is 64.4 Å². The van der Waals surface area contributed by atoms with Gasteiger partial charge in [-0.25, -0.2) is 15.0 Å². The van der Waals surface area contributed by atoms with Gasteiger partial charge in [0.2, 0.25) is 5.71 Å². The highest BCUT2D eigenvalue weighted by Gasteiger charge is 2.19.